The van der Waals surface area contributed by atoms with Crippen LogP contribution in [-0.4, -0.2) is 41.4 Å². The Morgan fingerprint density at radius 3 is 2.87 bits per heavy atom. The fourth-order valence-electron chi connectivity index (χ4n) is 1.70. The number of amides is 2. The minimum atomic E-state index is -0.194. The van der Waals surface area contributed by atoms with Gasteiger partial charge in [0.2, 0.25) is 11.0 Å². The minimum Gasteiger partial charge on any atom is -0.360 e. The molecule has 2 rings (SSSR count). The van der Waals surface area contributed by atoms with Crippen molar-refractivity contribution in [3.05, 3.63) is 29.8 Å². The SMILES string of the molecule is CCNc1nnc(SCC(=O)Nc2cccc(C(=O)NC)c2)s1. The van der Waals surface area contributed by atoms with Crippen molar-refractivity contribution in [3.63, 3.8) is 0 Å². The molecule has 7 nitrogen and oxygen atoms in total. The van der Waals surface area contributed by atoms with Crippen LogP contribution in [0.2, 0.25) is 0 Å². The van der Waals surface area contributed by atoms with E-state index in [0.717, 1.165) is 16.0 Å². The number of anilines is 2. The first-order chi connectivity index (χ1) is 11.1. The van der Waals surface area contributed by atoms with Gasteiger partial charge in [-0.15, -0.1) is 10.2 Å². The van der Waals surface area contributed by atoms with E-state index in [1.54, 1.807) is 31.3 Å². The van der Waals surface area contributed by atoms with Crippen LogP contribution in [0.1, 0.15) is 17.3 Å². The lowest BCUT2D eigenvalue weighted by molar-refractivity contribution is -0.113. The van der Waals surface area contributed by atoms with Crippen molar-refractivity contribution in [2.75, 3.05) is 30.0 Å². The highest BCUT2D eigenvalue weighted by Crippen LogP contribution is 2.25. The summed E-state index contributed by atoms with van der Waals surface area (Å²) in [5.41, 5.74) is 1.08. The average Bonchev–Trinajstić information content (AvgIpc) is 3.00. The first-order valence-electron chi connectivity index (χ1n) is 6.94. The lowest BCUT2D eigenvalue weighted by Crippen LogP contribution is -2.18. The van der Waals surface area contributed by atoms with Crippen LogP contribution < -0.4 is 16.0 Å². The molecule has 0 saturated carbocycles. The van der Waals surface area contributed by atoms with Gasteiger partial charge in [0.05, 0.1) is 5.75 Å². The first-order valence-corrected chi connectivity index (χ1v) is 8.74. The summed E-state index contributed by atoms with van der Waals surface area (Å²) in [6.07, 6.45) is 0. The number of rotatable bonds is 7. The van der Waals surface area contributed by atoms with E-state index in [1.165, 1.54) is 23.1 Å². The van der Waals surface area contributed by atoms with Gasteiger partial charge in [-0.2, -0.15) is 0 Å². The van der Waals surface area contributed by atoms with Crippen LogP contribution in [0.5, 0.6) is 0 Å². The molecule has 0 aliphatic heterocycles. The second kappa shape index (κ2) is 8.49. The Kier molecular flexibility index (Phi) is 6.36. The summed E-state index contributed by atoms with van der Waals surface area (Å²) in [4.78, 5) is 23.5. The first kappa shape index (κ1) is 17.2. The van der Waals surface area contributed by atoms with Gasteiger partial charge in [0.25, 0.3) is 5.91 Å². The highest BCUT2D eigenvalue weighted by molar-refractivity contribution is 8.01. The second-order valence-electron chi connectivity index (χ2n) is 4.40. The molecule has 0 aliphatic carbocycles. The predicted octanol–water partition coefficient (Wildman–Crippen LogP) is 2.06. The molecule has 122 valence electrons. The zero-order valence-corrected chi connectivity index (χ0v) is 14.4. The van der Waals surface area contributed by atoms with Crippen LogP contribution in [0, 0.1) is 0 Å². The molecule has 0 atom stereocenters. The fourth-order valence-corrected chi connectivity index (χ4v) is 3.32. The van der Waals surface area contributed by atoms with E-state index < -0.39 is 0 Å². The Balaban J connectivity index is 1.88. The highest BCUT2D eigenvalue weighted by Gasteiger charge is 2.09. The van der Waals surface area contributed by atoms with E-state index >= 15 is 0 Å². The van der Waals surface area contributed by atoms with Gasteiger partial charge in [0.1, 0.15) is 0 Å². The quantitative estimate of drug-likeness (QED) is 0.661. The lowest BCUT2D eigenvalue weighted by Gasteiger charge is -2.06. The number of nitrogens with one attached hydrogen (secondary N) is 3. The number of aromatic nitrogens is 2. The van der Waals surface area contributed by atoms with E-state index in [-0.39, 0.29) is 17.6 Å². The van der Waals surface area contributed by atoms with E-state index in [4.69, 9.17) is 0 Å². The summed E-state index contributed by atoms with van der Waals surface area (Å²) in [5, 5.41) is 17.1. The van der Waals surface area contributed by atoms with Crippen molar-refractivity contribution >= 4 is 45.7 Å². The van der Waals surface area contributed by atoms with Crippen LogP contribution in [0.3, 0.4) is 0 Å². The van der Waals surface area contributed by atoms with Crippen molar-refractivity contribution < 1.29 is 9.59 Å². The normalized spacial score (nSPS) is 10.2. The maximum atomic E-state index is 12.0. The summed E-state index contributed by atoms with van der Waals surface area (Å²) < 4.78 is 0.732. The Bertz CT molecular complexity index is 689. The summed E-state index contributed by atoms with van der Waals surface area (Å²) in [7, 11) is 1.56. The number of carbonyl (C=O) groups excluding carboxylic acids is 2. The topological polar surface area (TPSA) is 96.0 Å². The van der Waals surface area contributed by atoms with E-state index in [1.807, 2.05) is 6.92 Å². The molecule has 0 aliphatic rings. The van der Waals surface area contributed by atoms with E-state index in [0.29, 0.717) is 11.3 Å². The molecular weight excluding hydrogens is 334 g/mol. The number of benzene rings is 1. The van der Waals surface area contributed by atoms with E-state index in [2.05, 4.69) is 26.1 Å². The van der Waals surface area contributed by atoms with Gasteiger partial charge < -0.3 is 16.0 Å². The number of hydrogen-bond acceptors (Lipinski definition) is 7. The third-order valence-electron chi connectivity index (χ3n) is 2.70. The van der Waals surface area contributed by atoms with Crippen molar-refractivity contribution in [1.29, 1.82) is 0 Å². The lowest BCUT2D eigenvalue weighted by atomic mass is 10.2. The minimum absolute atomic E-state index is 0.163. The zero-order valence-electron chi connectivity index (χ0n) is 12.8. The van der Waals surface area contributed by atoms with Gasteiger partial charge in [-0.05, 0) is 25.1 Å². The average molecular weight is 351 g/mol. The predicted molar refractivity (Wildman–Crippen MR) is 93.3 cm³/mol. The molecule has 1 aromatic heterocycles. The Hall–Kier alpha value is -2.13. The van der Waals surface area contributed by atoms with Crippen molar-refractivity contribution in [2.24, 2.45) is 0 Å². The molecule has 1 heterocycles. The largest absolute Gasteiger partial charge is 0.360 e. The molecule has 23 heavy (non-hydrogen) atoms. The maximum Gasteiger partial charge on any atom is 0.251 e. The third kappa shape index (κ3) is 5.22. The monoisotopic (exact) mass is 351 g/mol. The smallest absolute Gasteiger partial charge is 0.251 e. The molecule has 3 N–H and O–H groups in total. The van der Waals surface area contributed by atoms with Crippen LogP contribution in [0.25, 0.3) is 0 Å². The fraction of sp³-hybridized carbons (Fsp3) is 0.286. The van der Waals surface area contributed by atoms with Gasteiger partial charge in [0.15, 0.2) is 4.34 Å². The maximum absolute atomic E-state index is 12.0. The molecule has 0 fully saturated rings. The zero-order chi connectivity index (χ0) is 16.7. The third-order valence-corrected chi connectivity index (χ3v) is 4.71. The molecule has 0 saturated heterocycles. The Morgan fingerprint density at radius 1 is 1.30 bits per heavy atom. The second-order valence-corrected chi connectivity index (χ2v) is 6.60. The number of thioether (sulfide) groups is 1. The molecule has 0 unspecified atom stereocenters. The summed E-state index contributed by atoms with van der Waals surface area (Å²) >= 11 is 2.73. The molecule has 9 heteroatoms. The highest BCUT2D eigenvalue weighted by atomic mass is 32.2. The van der Waals surface area contributed by atoms with Crippen molar-refractivity contribution in [3.8, 4) is 0 Å². The van der Waals surface area contributed by atoms with Gasteiger partial charge in [0, 0.05) is 24.8 Å². The Morgan fingerprint density at radius 2 is 2.13 bits per heavy atom. The van der Waals surface area contributed by atoms with Gasteiger partial charge in [-0.3, -0.25) is 9.59 Å². The Labute approximate surface area is 142 Å². The number of hydrogen-bond donors (Lipinski definition) is 3. The van der Waals surface area contributed by atoms with Crippen LogP contribution >= 0.6 is 23.1 Å². The van der Waals surface area contributed by atoms with Crippen LogP contribution in [0.4, 0.5) is 10.8 Å². The van der Waals surface area contributed by atoms with Crippen molar-refractivity contribution in [2.45, 2.75) is 11.3 Å². The van der Waals surface area contributed by atoms with Crippen LogP contribution in [-0.2, 0) is 4.79 Å². The molecule has 0 spiro atoms. The molecular formula is C14H17N5O2S2. The van der Waals surface area contributed by atoms with Gasteiger partial charge in [-0.25, -0.2) is 0 Å². The molecule has 0 radical (unpaired) electrons. The summed E-state index contributed by atoms with van der Waals surface area (Å²) in [6, 6.07) is 6.78. The number of nitrogens with zero attached hydrogens (tertiary/aromatic N) is 2. The van der Waals surface area contributed by atoms with Crippen molar-refractivity contribution in [1.82, 2.24) is 15.5 Å². The molecule has 1 aromatic carbocycles. The molecule has 2 amide bonds. The molecule has 0 bridgehead atoms. The van der Waals surface area contributed by atoms with Gasteiger partial charge in [-0.1, -0.05) is 29.2 Å². The van der Waals surface area contributed by atoms with Crippen LogP contribution in [0.15, 0.2) is 28.6 Å². The summed E-state index contributed by atoms with van der Waals surface area (Å²) in [5.74, 6) is -0.130. The summed E-state index contributed by atoms with van der Waals surface area (Å²) in [6.45, 7) is 2.76. The number of carbonyl (C=O) groups is 2. The molecule has 2 aromatic rings. The van der Waals surface area contributed by atoms with Gasteiger partial charge >= 0.3 is 0 Å². The van der Waals surface area contributed by atoms with E-state index in [9.17, 15) is 9.59 Å². The standard InChI is InChI=1S/C14H17N5O2S2/c1-3-16-13-18-19-14(23-13)22-8-11(20)17-10-6-4-5-9(7-10)12(21)15-2/h4-7H,3,8H2,1-2H3,(H,15,21)(H,16,18)(H,17,20).